The van der Waals surface area contributed by atoms with Gasteiger partial charge in [-0.15, -0.1) is 0 Å². The number of nitrogens with zero attached hydrogens (tertiary/aromatic N) is 1. The molecule has 1 aliphatic carbocycles. The van der Waals surface area contributed by atoms with E-state index in [1.807, 2.05) is 0 Å². The second kappa shape index (κ2) is 7.12. The van der Waals surface area contributed by atoms with E-state index in [0.717, 1.165) is 32.2 Å². The average molecular weight is 294 g/mol. The summed E-state index contributed by atoms with van der Waals surface area (Å²) in [5, 5.41) is 3.57. The molecule has 0 amide bonds. The van der Waals surface area contributed by atoms with Crippen LogP contribution in [0.25, 0.3) is 0 Å². The van der Waals surface area contributed by atoms with Crippen LogP contribution in [0.1, 0.15) is 46.5 Å². The first-order chi connectivity index (χ1) is 9.15. The Balaban J connectivity index is 2.64. The zero-order valence-electron chi connectivity index (χ0n) is 13.2. The van der Waals surface area contributed by atoms with Crippen LogP contribution in [-0.4, -0.2) is 43.8 Å². The number of hydrogen-bond donors (Lipinski definition) is 1. The van der Waals surface area contributed by atoms with E-state index in [0.29, 0.717) is 18.5 Å². The van der Waals surface area contributed by atoms with Gasteiger partial charge in [-0.05, 0) is 44.2 Å². The van der Waals surface area contributed by atoms with Crippen LogP contribution in [0, 0.1) is 11.3 Å². The monoisotopic (exact) mass is 294 g/mol. The van der Waals surface area contributed by atoms with Gasteiger partial charge in [-0.3, -0.25) is 4.90 Å². The van der Waals surface area contributed by atoms with Crippen LogP contribution < -0.4 is 5.32 Å². The molecule has 0 bridgehead atoms. The molecule has 2 atom stereocenters. The molecule has 120 valence electrons. The maximum absolute atomic E-state index is 12.5. The van der Waals surface area contributed by atoms with Gasteiger partial charge in [-0.25, -0.2) is 0 Å². The van der Waals surface area contributed by atoms with Gasteiger partial charge in [0.15, 0.2) is 0 Å². The molecule has 1 N–H and O–H groups in total. The first kappa shape index (κ1) is 17.8. The van der Waals surface area contributed by atoms with Gasteiger partial charge >= 0.3 is 6.18 Å². The average Bonchev–Trinajstić information content (AvgIpc) is 2.24. The van der Waals surface area contributed by atoms with Gasteiger partial charge in [0.1, 0.15) is 0 Å². The number of alkyl halides is 3. The van der Waals surface area contributed by atoms with Gasteiger partial charge in [-0.1, -0.05) is 27.2 Å². The summed E-state index contributed by atoms with van der Waals surface area (Å²) in [6.07, 6.45) is 0.228. The van der Waals surface area contributed by atoms with E-state index in [4.69, 9.17) is 0 Å². The van der Waals surface area contributed by atoms with Gasteiger partial charge in [0.2, 0.25) is 0 Å². The molecule has 2 unspecified atom stereocenters. The first-order valence-electron chi connectivity index (χ1n) is 7.64. The van der Waals surface area contributed by atoms with Crippen LogP contribution in [0.2, 0.25) is 0 Å². The van der Waals surface area contributed by atoms with Crippen molar-refractivity contribution < 1.29 is 13.2 Å². The Hall–Kier alpha value is -0.290. The summed E-state index contributed by atoms with van der Waals surface area (Å²) in [5.41, 5.74) is 0.164. The minimum atomic E-state index is -4.11. The van der Waals surface area contributed by atoms with Crippen LogP contribution in [-0.2, 0) is 0 Å². The highest BCUT2D eigenvalue weighted by atomic mass is 19.4. The van der Waals surface area contributed by atoms with Crippen LogP contribution in [0.15, 0.2) is 0 Å². The predicted molar refractivity (Wildman–Crippen MR) is 76.8 cm³/mol. The van der Waals surface area contributed by atoms with E-state index < -0.39 is 12.7 Å². The fourth-order valence-electron chi connectivity index (χ4n) is 3.49. The smallest absolute Gasteiger partial charge is 0.313 e. The lowest BCUT2D eigenvalue weighted by Gasteiger charge is -2.46. The van der Waals surface area contributed by atoms with Crippen molar-refractivity contribution in [1.82, 2.24) is 10.2 Å². The normalized spacial score (nSPS) is 27.0. The predicted octanol–water partition coefficient (Wildman–Crippen LogP) is 3.68. The highest BCUT2D eigenvalue weighted by Crippen LogP contribution is 2.39. The molecule has 1 rings (SSSR count). The fourth-order valence-corrected chi connectivity index (χ4v) is 3.49. The summed E-state index contributed by atoms with van der Waals surface area (Å²) in [6.45, 7) is 7.22. The van der Waals surface area contributed by atoms with Crippen molar-refractivity contribution in [3.05, 3.63) is 0 Å². The quantitative estimate of drug-likeness (QED) is 0.804. The second-order valence-electron chi connectivity index (χ2n) is 6.88. The molecule has 0 aliphatic heterocycles. The van der Waals surface area contributed by atoms with Gasteiger partial charge in [-0.2, -0.15) is 13.2 Å². The van der Waals surface area contributed by atoms with Gasteiger partial charge in [0, 0.05) is 12.6 Å². The molecule has 2 nitrogen and oxygen atoms in total. The van der Waals surface area contributed by atoms with Crippen LogP contribution >= 0.6 is 0 Å². The number of nitrogens with one attached hydrogen (secondary N) is 1. The minimum absolute atomic E-state index is 0.164. The maximum Gasteiger partial charge on any atom is 0.401 e. The Morgan fingerprint density at radius 2 is 1.95 bits per heavy atom. The highest BCUT2D eigenvalue weighted by molar-refractivity contribution is 4.94. The Morgan fingerprint density at radius 3 is 2.50 bits per heavy atom. The second-order valence-corrected chi connectivity index (χ2v) is 6.88. The molecule has 0 aromatic rings. The lowest BCUT2D eigenvalue weighted by atomic mass is 9.67. The van der Waals surface area contributed by atoms with Crippen molar-refractivity contribution >= 4 is 0 Å². The van der Waals surface area contributed by atoms with E-state index in [2.05, 4.69) is 26.1 Å². The third-order valence-electron chi connectivity index (χ3n) is 4.32. The Kier molecular flexibility index (Phi) is 6.32. The molecule has 0 heterocycles. The summed E-state index contributed by atoms with van der Waals surface area (Å²) in [7, 11) is 1.58. The van der Waals surface area contributed by atoms with Crippen molar-refractivity contribution in [3.8, 4) is 0 Å². The summed E-state index contributed by atoms with van der Waals surface area (Å²) >= 11 is 0. The Labute approximate surface area is 121 Å². The van der Waals surface area contributed by atoms with Gasteiger partial charge in [0.05, 0.1) is 6.54 Å². The van der Waals surface area contributed by atoms with Crippen molar-refractivity contribution in [3.63, 3.8) is 0 Å². The van der Waals surface area contributed by atoms with Crippen molar-refractivity contribution in [1.29, 1.82) is 0 Å². The third kappa shape index (κ3) is 5.60. The topological polar surface area (TPSA) is 15.3 Å². The minimum Gasteiger partial charge on any atom is -0.313 e. The standard InChI is InChI=1S/C15H29F3N2/c1-5-9-19-13-12(7-6-8-14(13,2)3)10-20(4)11-15(16,17)18/h12-13,19H,5-11H2,1-4H3. The molecule has 0 radical (unpaired) electrons. The summed E-state index contributed by atoms with van der Waals surface area (Å²) < 4.78 is 37.4. The van der Waals surface area contributed by atoms with Crippen LogP contribution in [0.4, 0.5) is 13.2 Å². The largest absolute Gasteiger partial charge is 0.401 e. The van der Waals surface area contributed by atoms with E-state index in [1.165, 1.54) is 4.90 Å². The molecular formula is C15H29F3N2. The Morgan fingerprint density at radius 1 is 1.30 bits per heavy atom. The molecule has 0 aromatic heterocycles. The van der Waals surface area contributed by atoms with Crippen molar-refractivity contribution in [2.75, 3.05) is 26.7 Å². The van der Waals surface area contributed by atoms with E-state index in [1.54, 1.807) is 7.05 Å². The molecule has 0 aromatic carbocycles. The van der Waals surface area contributed by atoms with Crippen molar-refractivity contribution in [2.24, 2.45) is 11.3 Å². The Bertz CT molecular complexity index is 289. The zero-order chi connectivity index (χ0) is 15.4. The third-order valence-corrected chi connectivity index (χ3v) is 4.32. The van der Waals surface area contributed by atoms with E-state index >= 15 is 0 Å². The molecule has 0 spiro atoms. The van der Waals surface area contributed by atoms with Gasteiger partial charge < -0.3 is 5.32 Å². The zero-order valence-corrected chi connectivity index (χ0v) is 13.2. The number of rotatable bonds is 6. The molecule has 1 saturated carbocycles. The molecule has 1 fully saturated rings. The molecule has 5 heteroatoms. The van der Waals surface area contributed by atoms with Crippen molar-refractivity contribution in [2.45, 2.75) is 58.7 Å². The van der Waals surface area contributed by atoms with Gasteiger partial charge in [0.25, 0.3) is 0 Å². The van der Waals surface area contributed by atoms with Crippen LogP contribution in [0.3, 0.4) is 0 Å². The number of hydrogen-bond acceptors (Lipinski definition) is 2. The molecule has 0 saturated heterocycles. The molecule has 1 aliphatic rings. The lowest BCUT2D eigenvalue weighted by molar-refractivity contribution is -0.145. The van der Waals surface area contributed by atoms with E-state index in [9.17, 15) is 13.2 Å². The summed E-state index contributed by atoms with van der Waals surface area (Å²) in [4.78, 5) is 1.42. The lowest BCUT2D eigenvalue weighted by Crippen LogP contribution is -2.53. The van der Waals surface area contributed by atoms with E-state index in [-0.39, 0.29) is 5.41 Å². The molecule has 20 heavy (non-hydrogen) atoms. The molecular weight excluding hydrogens is 265 g/mol. The maximum atomic E-state index is 12.5. The fraction of sp³-hybridized carbons (Fsp3) is 1.00. The SMILES string of the molecule is CCCNC1C(CN(C)CC(F)(F)F)CCCC1(C)C. The number of halogens is 3. The summed E-state index contributed by atoms with van der Waals surface area (Å²) in [5.74, 6) is 0.303. The summed E-state index contributed by atoms with van der Waals surface area (Å²) in [6, 6.07) is 0.312. The first-order valence-corrected chi connectivity index (χ1v) is 7.64. The van der Waals surface area contributed by atoms with Crippen LogP contribution in [0.5, 0.6) is 0 Å². The highest BCUT2D eigenvalue weighted by Gasteiger charge is 2.39.